The third-order valence-corrected chi connectivity index (χ3v) is 5.22. The van der Waals surface area contributed by atoms with Crippen molar-refractivity contribution >= 4 is 10.0 Å². The lowest BCUT2D eigenvalue weighted by molar-refractivity contribution is -0.433. The van der Waals surface area contributed by atoms with Crippen molar-refractivity contribution in [3.05, 3.63) is 0 Å². The maximum Gasteiger partial charge on any atom is 0.460 e. The summed E-state index contributed by atoms with van der Waals surface area (Å²) in [4.78, 5) is 0. The van der Waals surface area contributed by atoms with Crippen LogP contribution in [0.15, 0.2) is 0 Å². The highest BCUT2D eigenvalue weighted by Crippen LogP contribution is 2.61. The molecule has 29 heavy (non-hydrogen) atoms. The van der Waals surface area contributed by atoms with Gasteiger partial charge in [-0.05, 0) is 0 Å². The maximum absolute atomic E-state index is 13.7. The van der Waals surface area contributed by atoms with Crippen LogP contribution in [0, 0.1) is 0 Å². The van der Waals surface area contributed by atoms with E-state index in [9.17, 15) is 65.5 Å². The van der Waals surface area contributed by atoms with Crippen LogP contribution >= 0.6 is 0 Å². The van der Waals surface area contributed by atoms with Crippen LogP contribution in [0.25, 0.3) is 0 Å². The lowest BCUT2D eigenvalue weighted by atomic mass is 9.98. The number of rotatable bonds is 10. The Labute approximate surface area is 152 Å². The highest BCUT2D eigenvalue weighted by molar-refractivity contribution is 7.90. The largest absolute Gasteiger partial charge is 0.460 e. The summed E-state index contributed by atoms with van der Waals surface area (Å²) in [6.07, 6.45) is -7.62. The van der Waals surface area contributed by atoms with Crippen molar-refractivity contribution in [3.63, 3.8) is 0 Å². The summed E-state index contributed by atoms with van der Waals surface area (Å²) < 4.78 is 190. The van der Waals surface area contributed by atoms with E-state index < -0.39 is 75.8 Å². The van der Waals surface area contributed by atoms with Gasteiger partial charge in [0.1, 0.15) is 0 Å². The van der Waals surface area contributed by atoms with Gasteiger partial charge < -0.3 is 10.2 Å². The zero-order valence-corrected chi connectivity index (χ0v) is 14.1. The van der Waals surface area contributed by atoms with Crippen molar-refractivity contribution in [3.8, 4) is 0 Å². The predicted molar refractivity (Wildman–Crippen MR) is 65.5 cm³/mol. The first-order valence-corrected chi connectivity index (χ1v) is 8.13. The van der Waals surface area contributed by atoms with Crippen LogP contribution < -0.4 is 0 Å². The number of hydrogen-bond acceptors (Lipinski definition) is 4. The van der Waals surface area contributed by atoms with E-state index in [1.165, 1.54) is 0 Å². The van der Waals surface area contributed by atoms with Crippen LogP contribution in [0.4, 0.5) is 57.1 Å². The molecule has 0 atom stereocenters. The highest BCUT2D eigenvalue weighted by Gasteiger charge is 2.92. The van der Waals surface area contributed by atoms with Crippen LogP contribution in [-0.4, -0.2) is 84.4 Å². The number of nitrogens with zero attached hydrogens (tertiary/aromatic N) is 1. The molecule has 0 bridgehead atoms. The first-order valence-electron chi connectivity index (χ1n) is 6.69. The Balaban J connectivity index is 6.64. The molecule has 0 amide bonds. The molecule has 0 spiro atoms. The third kappa shape index (κ3) is 3.97. The zero-order chi connectivity index (χ0) is 23.9. The molecule has 0 radical (unpaired) electrons. The highest BCUT2D eigenvalue weighted by atomic mass is 32.2. The van der Waals surface area contributed by atoms with Gasteiger partial charge in [-0.2, -0.15) is 61.4 Å². The minimum absolute atomic E-state index is 0.989. The van der Waals surface area contributed by atoms with Crippen LogP contribution in [0.2, 0.25) is 0 Å². The molecule has 19 heteroatoms. The summed E-state index contributed by atoms with van der Waals surface area (Å²) in [7, 11) is -7.22. The number of alkyl halides is 13. The molecule has 0 aromatic carbocycles. The Morgan fingerprint density at radius 1 is 0.586 bits per heavy atom. The van der Waals surface area contributed by atoms with Crippen LogP contribution in [-0.2, 0) is 10.0 Å². The molecule has 0 saturated heterocycles. The molecule has 0 aromatic rings. The molecule has 0 saturated carbocycles. The monoisotopic (exact) mass is 487 g/mol. The summed E-state index contributed by atoms with van der Waals surface area (Å²) >= 11 is 0. The molecule has 0 rings (SSSR count). The van der Waals surface area contributed by atoms with E-state index in [0.717, 1.165) is 0 Å². The fourth-order valence-electron chi connectivity index (χ4n) is 1.65. The van der Waals surface area contributed by atoms with E-state index in [1.54, 1.807) is 0 Å². The molecule has 0 aliphatic rings. The van der Waals surface area contributed by atoms with E-state index in [2.05, 4.69) is 0 Å². The Morgan fingerprint density at radius 3 is 1.17 bits per heavy atom. The van der Waals surface area contributed by atoms with Crippen LogP contribution in [0.5, 0.6) is 0 Å². The van der Waals surface area contributed by atoms with E-state index in [1.807, 2.05) is 0 Å². The van der Waals surface area contributed by atoms with E-state index in [4.69, 9.17) is 10.2 Å². The van der Waals surface area contributed by atoms with Crippen LogP contribution in [0.3, 0.4) is 0 Å². The molecule has 0 aliphatic heterocycles. The average Bonchev–Trinajstić information content (AvgIpc) is 2.52. The Kier molecular flexibility index (Phi) is 7.58. The molecule has 0 aliphatic carbocycles. The van der Waals surface area contributed by atoms with Gasteiger partial charge in [0.05, 0.1) is 13.2 Å². The second-order valence-corrected chi connectivity index (χ2v) is 7.14. The maximum atomic E-state index is 13.7. The topological polar surface area (TPSA) is 77.8 Å². The summed E-state index contributed by atoms with van der Waals surface area (Å²) in [5.74, 6) is -32.5. The number of hydrogen-bond donors (Lipinski definition) is 2. The van der Waals surface area contributed by atoms with Gasteiger partial charge in [0.15, 0.2) is 0 Å². The second-order valence-electron chi connectivity index (χ2n) is 5.16. The Hall–Kier alpha value is -1.08. The second kappa shape index (κ2) is 7.88. The normalized spacial score (nSPS) is 15.9. The quantitative estimate of drug-likeness (QED) is 0.464. The van der Waals surface area contributed by atoms with Crippen molar-refractivity contribution in [1.82, 2.24) is 4.31 Å². The van der Waals surface area contributed by atoms with E-state index >= 15 is 0 Å². The first-order chi connectivity index (χ1) is 12.5. The molecular weight excluding hydrogens is 477 g/mol. The van der Waals surface area contributed by atoms with E-state index in [-0.39, 0.29) is 0 Å². The lowest BCUT2D eigenvalue weighted by Gasteiger charge is -2.40. The Bertz CT molecular complexity index is 670. The summed E-state index contributed by atoms with van der Waals surface area (Å²) in [5, 5.41) is 9.55. The predicted octanol–water partition coefficient (Wildman–Crippen LogP) is 2.30. The van der Waals surface area contributed by atoms with Crippen LogP contribution in [0.1, 0.15) is 0 Å². The van der Waals surface area contributed by atoms with Crippen molar-refractivity contribution in [1.29, 1.82) is 0 Å². The number of sulfonamides is 1. The molecule has 0 aromatic heterocycles. The fraction of sp³-hybridized carbons (Fsp3) is 1.00. The van der Waals surface area contributed by atoms with Gasteiger partial charge in [0.2, 0.25) is 0 Å². The van der Waals surface area contributed by atoms with Crippen molar-refractivity contribution < 1.29 is 75.7 Å². The lowest BCUT2D eigenvalue weighted by Crippen LogP contribution is -2.72. The Morgan fingerprint density at radius 2 is 0.897 bits per heavy atom. The van der Waals surface area contributed by atoms with Crippen molar-refractivity contribution in [2.24, 2.45) is 0 Å². The first kappa shape index (κ1) is 27.9. The molecule has 2 N–H and O–H groups in total. The van der Waals surface area contributed by atoms with Gasteiger partial charge >= 0.3 is 35.1 Å². The summed E-state index contributed by atoms with van der Waals surface area (Å²) in [5.41, 5.74) is 0. The number of aliphatic hydroxyl groups excluding tert-OH is 2. The van der Waals surface area contributed by atoms with E-state index in [0.29, 0.717) is 0 Å². The summed E-state index contributed by atoms with van der Waals surface area (Å²) in [6.45, 7) is -6.09. The van der Waals surface area contributed by atoms with Crippen molar-refractivity contribution in [2.45, 2.75) is 35.1 Å². The van der Waals surface area contributed by atoms with Gasteiger partial charge in [-0.25, -0.2) is 8.42 Å². The molecule has 0 unspecified atom stereocenters. The van der Waals surface area contributed by atoms with Gasteiger partial charge in [0.25, 0.3) is 10.0 Å². The molecule has 5 nitrogen and oxygen atoms in total. The fourth-order valence-corrected chi connectivity index (χ4v) is 3.07. The van der Waals surface area contributed by atoms with Gasteiger partial charge in [-0.3, -0.25) is 0 Å². The smallest absolute Gasteiger partial charge is 0.395 e. The average molecular weight is 487 g/mol. The molecular formula is C10H10F13NO4S. The molecule has 176 valence electrons. The van der Waals surface area contributed by atoms with Gasteiger partial charge in [-0.15, -0.1) is 0 Å². The van der Waals surface area contributed by atoms with Gasteiger partial charge in [0, 0.05) is 13.1 Å². The zero-order valence-electron chi connectivity index (χ0n) is 13.3. The van der Waals surface area contributed by atoms with Crippen molar-refractivity contribution in [2.75, 3.05) is 26.3 Å². The number of aliphatic hydroxyl groups is 2. The van der Waals surface area contributed by atoms with Gasteiger partial charge in [-0.1, -0.05) is 0 Å². The minimum Gasteiger partial charge on any atom is -0.395 e. The molecule has 0 heterocycles. The number of halogens is 13. The summed E-state index contributed by atoms with van der Waals surface area (Å²) in [6, 6.07) is 0. The minimum atomic E-state index is -8.26. The SMILES string of the molecule is O=S(=O)(N(CCO)CCO)C(F)(F)C(F)(F)C(F)(F)C(F)(F)C(F)(F)C(F)(F)F. The standard InChI is InChI=1S/C10H10F13NO4S/c11-5(12,7(15,16)9(19,20)21)6(13,14)8(17,18)10(22,23)29(27,28)24(1-3-25)2-4-26/h25-26H,1-4H2. The molecule has 0 fully saturated rings. The third-order valence-electron chi connectivity index (χ3n) is 3.27.